The number of rotatable bonds is 11. The maximum atomic E-state index is 13.4. The Labute approximate surface area is 227 Å². The lowest BCUT2D eigenvalue weighted by atomic mass is 9.95. The number of nitrogens with zero attached hydrogens (tertiary/aromatic N) is 3. The van der Waals surface area contributed by atoms with Crippen molar-refractivity contribution in [1.29, 1.82) is 0 Å². The van der Waals surface area contributed by atoms with E-state index in [4.69, 9.17) is 9.88 Å². The van der Waals surface area contributed by atoms with Gasteiger partial charge in [-0.25, -0.2) is 23.3 Å². The molecule has 0 aliphatic carbocycles. The highest BCUT2D eigenvalue weighted by molar-refractivity contribution is 7.91. The summed E-state index contributed by atoms with van der Waals surface area (Å²) in [6.07, 6.45) is 9.10. The molecule has 3 heterocycles. The van der Waals surface area contributed by atoms with Crippen molar-refractivity contribution < 1.29 is 17.9 Å². The summed E-state index contributed by atoms with van der Waals surface area (Å²) < 4.78 is 33.1. The normalized spacial score (nSPS) is 12.6. The van der Waals surface area contributed by atoms with Gasteiger partial charge in [-0.3, -0.25) is 4.98 Å². The number of primary sulfonamides is 1. The largest absolute Gasteiger partial charge is 0.462 e. The number of sulfonamides is 1. The highest BCUT2D eigenvalue weighted by Crippen LogP contribution is 2.42. The van der Waals surface area contributed by atoms with E-state index in [1.54, 1.807) is 24.8 Å². The van der Waals surface area contributed by atoms with Crippen LogP contribution in [0, 0.1) is 5.92 Å². The third-order valence-corrected chi connectivity index (χ3v) is 8.69. The number of nitrogens with two attached hydrogens (primary N) is 1. The predicted molar refractivity (Wildman–Crippen MR) is 149 cm³/mol. The number of imidazole rings is 1. The Morgan fingerprint density at radius 2 is 1.97 bits per heavy atom. The number of pyridine rings is 1. The minimum absolute atomic E-state index is 0.0373. The minimum Gasteiger partial charge on any atom is -0.462 e. The molecule has 0 saturated heterocycles. The maximum Gasteiger partial charge on any atom is 0.339 e. The first-order chi connectivity index (χ1) is 18.2. The molecule has 0 saturated carbocycles. The van der Waals surface area contributed by atoms with Crippen LogP contribution in [-0.2, 0) is 21.2 Å². The zero-order valence-electron chi connectivity index (χ0n) is 21.7. The zero-order valence-corrected chi connectivity index (χ0v) is 23.3. The van der Waals surface area contributed by atoms with Gasteiger partial charge in [0, 0.05) is 29.0 Å². The molecule has 1 atom stereocenters. The van der Waals surface area contributed by atoms with E-state index in [1.165, 1.54) is 0 Å². The molecule has 3 aromatic heterocycles. The SMILES string of the molecule is CCCCOC(=O)c1c(CC(C)C)sc(S(N)(=O)=O)c1-c1cccc(C(c2ccccn2)n2ccnc2)c1. The molecule has 10 heteroatoms. The van der Waals surface area contributed by atoms with Gasteiger partial charge in [0.05, 0.1) is 24.2 Å². The van der Waals surface area contributed by atoms with Gasteiger partial charge < -0.3 is 9.30 Å². The molecular weight excluding hydrogens is 520 g/mol. The van der Waals surface area contributed by atoms with Gasteiger partial charge in [-0.1, -0.05) is 51.5 Å². The third kappa shape index (κ3) is 6.20. The summed E-state index contributed by atoms with van der Waals surface area (Å²) in [4.78, 5) is 22.8. The van der Waals surface area contributed by atoms with Crippen LogP contribution >= 0.6 is 11.3 Å². The number of thiophene rings is 1. The number of hydrogen-bond acceptors (Lipinski definition) is 7. The van der Waals surface area contributed by atoms with E-state index in [-0.39, 0.29) is 28.3 Å². The second-order valence-electron chi connectivity index (χ2n) is 9.49. The molecule has 1 unspecified atom stereocenters. The fourth-order valence-corrected chi connectivity index (χ4v) is 6.87. The summed E-state index contributed by atoms with van der Waals surface area (Å²) >= 11 is 1.05. The topological polar surface area (TPSA) is 117 Å². The number of hydrogen-bond donors (Lipinski definition) is 1. The number of carbonyl (C=O) groups excluding carboxylic acids is 1. The Bertz CT molecular complexity index is 1480. The number of benzene rings is 1. The van der Waals surface area contributed by atoms with Crippen LogP contribution in [0.5, 0.6) is 0 Å². The van der Waals surface area contributed by atoms with Crippen molar-refractivity contribution >= 4 is 27.3 Å². The molecule has 0 radical (unpaired) electrons. The van der Waals surface area contributed by atoms with E-state index in [2.05, 4.69) is 9.97 Å². The van der Waals surface area contributed by atoms with E-state index in [9.17, 15) is 13.2 Å². The van der Waals surface area contributed by atoms with Gasteiger partial charge in [0.1, 0.15) is 10.3 Å². The van der Waals surface area contributed by atoms with Gasteiger partial charge in [0.15, 0.2) is 0 Å². The third-order valence-electron chi connectivity index (χ3n) is 6.02. The summed E-state index contributed by atoms with van der Waals surface area (Å²) in [6, 6.07) is 12.8. The molecule has 0 bridgehead atoms. The molecule has 0 aliphatic rings. The average Bonchev–Trinajstić information content (AvgIpc) is 3.53. The molecule has 0 aliphatic heterocycles. The van der Waals surface area contributed by atoms with Gasteiger partial charge in [-0.15, -0.1) is 11.3 Å². The highest BCUT2D eigenvalue weighted by atomic mass is 32.2. The lowest BCUT2D eigenvalue weighted by Crippen LogP contribution is -2.14. The van der Waals surface area contributed by atoms with Crippen molar-refractivity contribution in [3.05, 3.63) is 89.1 Å². The average molecular weight is 553 g/mol. The molecule has 2 N–H and O–H groups in total. The van der Waals surface area contributed by atoms with Crippen LogP contribution in [0.25, 0.3) is 11.1 Å². The number of unbranched alkanes of at least 4 members (excludes halogenated alkanes) is 1. The number of ether oxygens (including phenoxy) is 1. The molecule has 1 aromatic carbocycles. The molecule has 4 aromatic rings. The van der Waals surface area contributed by atoms with E-state index in [1.807, 2.05) is 67.9 Å². The lowest BCUT2D eigenvalue weighted by Gasteiger charge is -2.20. The summed E-state index contributed by atoms with van der Waals surface area (Å²) in [7, 11) is -4.12. The van der Waals surface area contributed by atoms with E-state index >= 15 is 0 Å². The van der Waals surface area contributed by atoms with Crippen LogP contribution in [0.3, 0.4) is 0 Å². The van der Waals surface area contributed by atoms with Crippen molar-refractivity contribution in [3.63, 3.8) is 0 Å². The summed E-state index contributed by atoms with van der Waals surface area (Å²) in [5.74, 6) is -0.338. The number of aromatic nitrogens is 3. The predicted octanol–water partition coefficient (Wildman–Crippen LogP) is 5.45. The molecule has 200 valence electrons. The maximum absolute atomic E-state index is 13.4. The Morgan fingerprint density at radius 1 is 1.16 bits per heavy atom. The summed E-state index contributed by atoms with van der Waals surface area (Å²) in [5, 5.41) is 5.70. The van der Waals surface area contributed by atoms with E-state index in [0.717, 1.165) is 35.4 Å². The van der Waals surface area contributed by atoms with Crippen molar-refractivity contribution in [3.8, 4) is 11.1 Å². The minimum atomic E-state index is -4.12. The first-order valence-corrected chi connectivity index (χ1v) is 14.9. The van der Waals surface area contributed by atoms with Crippen LogP contribution in [0.15, 0.2) is 71.6 Å². The summed E-state index contributed by atoms with van der Waals surface area (Å²) in [6.45, 7) is 6.31. The van der Waals surface area contributed by atoms with Gasteiger partial charge in [0.25, 0.3) is 0 Å². The van der Waals surface area contributed by atoms with E-state index < -0.39 is 16.0 Å². The molecule has 38 heavy (non-hydrogen) atoms. The second-order valence-corrected chi connectivity index (χ2v) is 12.3. The van der Waals surface area contributed by atoms with Crippen LogP contribution in [-0.4, -0.2) is 35.5 Å². The molecule has 0 spiro atoms. The standard InChI is InChI=1S/C28H32N4O4S2/c1-4-5-15-36-27(33)25-23(16-19(2)3)37-28(38(29,34)35)24(25)20-9-8-10-21(17-20)26(32-14-13-30-18-32)22-11-6-7-12-31-22/h6-14,17-19,26H,4-5,15-16H2,1-3H3,(H2,29,34,35). The molecule has 0 fully saturated rings. The van der Waals surface area contributed by atoms with Crippen LogP contribution in [0.4, 0.5) is 0 Å². The smallest absolute Gasteiger partial charge is 0.339 e. The van der Waals surface area contributed by atoms with Crippen molar-refractivity contribution in [1.82, 2.24) is 14.5 Å². The molecule has 0 amide bonds. The van der Waals surface area contributed by atoms with Gasteiger partial charge >= 0.3 is 5.97 Å². The van der Waals surface area contributed by atoms with E-state index in [0.29, 0.717) is 22.4 Å². The van der Waals surface area contributed by atoms with Gasteiger partial charge in [0.2, 0.25) is 10.0 Å². The fraction of sp³-hybridized carbons (Fsp3) is 0.321. The van der Waals surface area contributed by atoms with Crippen molar-refractivity contribution in [2.24, 2.45) is 11.1 Å². The summed E-state index contributed by atoms with van der Waals surface area (Å²) in [5.41, 5.74) is 2.78. The first-order valence-electron chi connectivity index (χ1n) is 12.5. The number of carbonyl (C=O) groups is 1. The lowest BCUT2D eigenvalue weighted by molar-refractivity contribution is 0.0500. The van der Waals surface area contributed by atoms with Crippen LogP contribution < -0.4 is 5.14 Å². The van der Waals surface area contributed by atoms with Crippen LogP contribution in [0.2, 0.25) is 0 Å². The Hall–Kier alpha value is -3.34. The molecule has 4 rings (SSSR count). The molecule has 8 nitrogen and oxygen atoms in total. The monoisotopic (exact) mass is 552 g/mol. The van der Waals surface area contributed by atoms with Crippen molar-refractivity contribution in [2.45, 2.75) is 50.3 Å². The fourth-order valence-electron chi connectivity index (χ4n) is 4.35. The first kappa shape index (κ1) is 27.7. The Balaban J connectivity index is 1.92. The highest BCUT2D eigenvalue weighted by Gasteiger charge is 2.31. The molecular formula is C28H32N4O4S2. The zero-order chi connectivity index (χ0) is 27.3. The second kappa shape index (κ2) is 12.0. The van der Waals surface area contributed by atoms with Crippen molar-refractivity contribution in [2.75, 3.05) is 6.61 Å². The quantitative estimate of drug-likeness (QED) is 0.195. The van der Waals surface area contributed by atoms with Gasteiger partial charge in [-0.05, 0) is 48.1 Å². The Kier molecular flexibility index (Phi) is 8.76. The van der Waals surface area contributed by atoms with Crippen LogP contribution in [0.1, 0.15) is 66.1 Å². The number of esters is 1. The van der Waals surface area contributed by atoms with Gasteiger partial charge in [-0.2, -0.15) is 0 Å². The Morgan fingerprint density at radius 3 is 2.61 bits per heavy atom.